The summed E-state index contributed by atoms with van der Waals surface area (Å²) in [6.07, 6.45) is 0. The van der Waals surface area contributed by atoms with Gasteiger partial charge in [-0.3, -0.25) is 10.1 Å². The van der Waals surface area contributed by atoms with Crippen LogP contribution in [0.2, 0.25) is 5.15 Å². The first kappa shape index (κ1) is 18.3. The molecule has 0 fully saturated rings. The number of nitrogens with zero attached hydrogens (tertiary/aromatic N) is 3. The highest BCUT2D eigenvalue weighted by molar-refractivity contribution is 7.22. The van der Waals surface area contributed by atoms with Gasteiger partial charge >= 0.3 is 0 Å². The first-order chi connectivity index (χ1) is 13.5. The molecule has 0 radical (unpaired) electrons. The lowest BCUT2D eigenvalue weighted by Crippen LogP contribution is -2.11. The maximum Gasteiger partial charge on any atom is 0.257 e. The van der Waals surface area contributed by atoms with E-state index in [0.717, 1.165) is 15.9 Å². The molecule has 2 aromatic carbocycles. The fourth-order valence-corrected chi connectivity index (χ4v) is 3.68. The van der Waals surface area contributed by atoms with Gasteiger partial charge in [-0.15, -0.1) is 10.2 Å². The van der Waals surface area contributed by atoms with Gasteiger partial charge in [0.25, 0.3) is 5.91 Å². The number of rotatable bonds is 4. The van der Waals surface area contributed by atoms with Crippen LogP contribution in [0.25, 0.3) is 10.2 Å². The summed E-state index contributed by atoms with van der Waals surface area (Å²) < 4.78 is 1.06. The van der Waals surface area contributed by atoms with Crippen molar-refractivity contribution in [3.8, 4) is 0 Å². The standard InChI is InChI=1S/C20H16ClN5OS/c1-11-9-15-16(10-12(11)2)28-20(23-15)24-19(27)13-3-5-14(6-4-13)22-18-8-7-17(21)25-26-18/h3-10H,1-2H3,(H,22,26)(H,23,24,27). The van der Waals surface area contributed by atoms with Crippen molar-refractivity contribution in [3.63, 3.8) is 0 Å². The van der Waals surface area contributed by atoms with E-state index < -0.39 is 0 Å². The Balaban J connectivity index is 1.46. The molecule has 8 heteroatoms. The average Bonchev–Trinajstić information content (AvgIpc) is 3.05. The van der Waals surface area contributed by atoms with Crippen molar-refractivity contribution in [2.45, 2.75) is 13.8 Å². The molecule has 2 heterocycles. The fraction of sp³-hybridized carbons (Fsp3) is 0.100. The van der Waals surface area contributed by atoms with Crippen molar-refractivity contribution in [3.05, 3.63) is 70.4 Å². The molecule has 2 aromatic heterocycles. The second kappa shape index (κ2) is 7.53. The molecule has 4 rings (SSSR count). The van der Waals surface area contributed by atoms with Crippen molar-refractivity contribution in [2.24, 2.45) is 0 Å². The van der Waals surface area contributed by atoms with Crippen LogP contribution in [0.1, 0.15) is 21.5 Å². The predicted octanol–water partition coefficient (Wildman–Crippen LogP) is 5.35. The van der Waals surface area contributed by atoms with Crippen LogP contribution < -0.4 is 10.6 Å². The second-order valence-corrected chi connectivity index (χ2v) is 7.74. The highest BCUT2D eigenvalue weighted by Gasteiger charge is 2.11. The first-order valence-corrected chi connectivity index (χ1v) is 9.73. The Hall–Kier alpha value is -3.03. The van der Waals surface area contributed by atoms with E-state index in [2.05, 4.69) is 45.7 Å². The maximum atomic E-state index is 12.5. The van der Waals surface area contributed by atoms with Crippen molar-refractivity contribution in [2.75, 3.05) is 10.6 Å². The molecule has 0 aliphatic heterocycles. The maximum absolute atomic E-state index is 12.5. The van der Waals surface area contributed by atoms with Gasteiger partial charge in [0, 0.05) is 11.3 Å². The van der Waals surface area contributed by atoms with Gasteiger partial charge in [-0.2, -0.15) is 0 Å². The van der Waals surface area contributed by atoms with Gasteiger partial charge < -0.3 is 5.32 Å². The molecule has 6 nitrogen and oxygen atoms in total. The summed E-state index contributed by atoms with van der Waals surface area (Å²) in [5.74, 6) is 0.368. The number of hydrogen-bond acceptors (Lipinski definition) is 6. The Morgan fingerprint density at radius 3 is 2.46 bits per heavy atom. The van der Waals surface area contributed by atoms with Crippen LogP contribution in [0, 0.1) is 13.8 Å². The summed E-state index contributed by atoms with van der Waals surface area (Å²) in [6, 6.07) is 14.6. The number of halogens is 1. The zero-order chi connectivity index (χ0) is 19.7. The van der Waals surface area contributed by atoms with Crippen LogP contribution >= 0.6 is 22.9 Å². The molecule has 140 valence electrons. The lowest BCUT2D eigenvalue weighted by molar-refractivity contribution is 0.102. The molecule has 1 amide bonds. The zero-order valence-electron chi connectivity index (χ0n) is 15.2. The predicted molar refractivity (Wildman–Crippen MR) is 114 cm³/mol. The molecule has 2 N–H and O–H groups in total. The molecule has 0 bridgehead atoms. The van der Waals surface area contributed by atoms with Gasteiger partial charge in [0.1, 0.15) is 0 Å². The number of hydrogen-bond donors (Lipinski definition) is 2. The molecule has 28 heavy (non-hydrogen) atoms. The number of thiazole rings is 1. The Kier molecular flexibility index (Phi) is 4.93. The Morgan fingerprint density at radius 2 is 1.75 bits per heavy atom. The van der Waals surface area contributed by atoms with Crippen LogP contribution in [0.3, 0.4) is 0 Å². The van der Waals surface area contributed by atoms with Crippen LogP contribution in [0.15, 0.2) is 48.5 Å². The molecule has 0 aliphatic rings. The van der Waals surface area contributed by atoms with E-state index in [0.29, 0.717) is 21.7 Å². The highest BCUT2D eigenvalue weighted by Crippen LogP contribution is 2.28. The van der Waals surface area contributed by atoms with Crippen LogP contribution in [-0.2, 0) is 0 Å². The Bertz CT molecular complexity index is 1120. The zero-order valence-corrected chi connectivity index (χ0v) is 16.7. The monoisotopic (exact) mass is 409 g/mol. The van der Waals surface area contributed by atoms with E-state index in [1.54, 1.807) is 36.4 Å². The van der Waals surface area contributed by atoms with E-state index in [1.165, 1.54) is 22.5 Å². The van der Waals surface area contributed by atoms with Crippen LogP contribution in [0.4, 0.5) is 16.6 Å². The van der Waals surface area contributed by atoms with Crippen molar-refractivity contribution >= 4 is 55.7 Å². The number of carbonyl (C=O) groups is 1. The minimum atomic E-state index is -0.203. The Morgan fingerprint density at radius 1 is 1.00 bits per heavy atom. The van der Waals surface area contributed by atoms with Gasteiger partial charge in [-0.25, -0.2) is 4.98 Å². The van der Waals surface area contributed by atoms with Crippen molar-refractivity contribution in [1.29, 1.82) is 0 Å². The largest absolute Gasteiger partial charge is 0.339 e. The SMILES string of the molecule is Cc1cc2nc(NC(=O)c3ccc(Nc4ccc(Cl)nn4)cc3)sc2cc1C. The molecular formula is C20H16ClN5OS. The number of benzene rings is 2. The van der Waals surface area contributed by atoms with Gasteiger partial charge in [-0.1, -0.05) is 22.9 Å². The summed E-state index contributed by atoms with van der Waals surface area (Å²) in [5.41, 5.74) is 4.62. The lowest BCUT2D eigenvalue weighted by Gasteiger charge is -2.06. The van der Waals surface area contributed by atoms with Crippen molar-refractivity contribution in [1.82, 2.24) is 15.2 Å². The number of nitrogens with one attached hydrogen (secondary N) is 2. The molecule has 0 aliphatic carbocycles. The average molecular weight is 410 g/mol. The Labute approximate surface area is 170 Å². The fourth-order valence-electron chi connectivity index (χ4n) is 2.64. The summed E-state index contributed by atoms with van der Waals surface area (Å²) in [4.78, 5) is 17.0. The van der Waals surface area contributed by atoms with E-state index in [4.69, 9.17) is 11.6 Å². The van der Waals surface area contributed by atoms with Crippen molar-refractivity contribution < 1.29 is 4.79 Å². The normalized spacial score (nSPS) is 10.8. The molecule has 0 spiro atoms. The number of carbonyl (C=O) groups excluding carboxylic acids is 1. The lowest BCUT2D eigenvalue weighted by atomic mass is 10.1. The number of aromatic nitrogens is 3. The summed E-state index contributed by atoms with van der Waals surface area (Å²) in [5, 5.41) is 14.6. The van der Waals surface area contributed by atoms with E-state index >= 15 is 0 Å². The molecule has 0 unspecified atom stereocenters. The van der Waals surface area contributed by atoms with Gasteiger partial charge in [-0.05, 0) is 73.5 Å². The van der Waals surface area contributed by atoms with E-state index in [1.807, 2.05) is 6.07 Å². The number of aryl methyl sites for hydroxylation is 2. The molecule has 0 saturated carbocycles. The summed E-state index contributed by atoms with van der Waals surface area (Å²) >= 11 is 7.20. The third kappa shape index (κ3) is 3.95. The molecule has 0 atom stereocenters. The van der Waals surface area contributed by atoms with E-state index in [-0.39, 0.29) is 5.91 Å². The minimum Gasteiger partial charge on any atom is -0.339 e. The van der Waals surface area contributed by atoms with Crippen LogP contribution in [0.5, 0.6) is 0 Å². The van der Waals surface area contributed by atoms with Gasteiger partial charge in [0.15, 0.2) is 16.1 Å². The van der Waals surface area contributed by atoms with Gasteiger partial charge in [0.2, 0.25) is 0 Å². The third-order valence-corrected chi connectivity index (χ3v) is 5.41. The highest BCUT2D eigenvalue weighted by atomic mass is 35.5. The number of amides is 1. The molecule has 0 saturated heterocycles. The minimum absolute atomic E-state index is 0.203. The number of fused-ring (bicyclic) bond motifs is 1. The quantitative estimate of drug-likeness (QED) is 0.474. The second-order valence-electron chi connectivity index (χ2n) is 6.32. The number of anilines is 3. The first-order valence-electron chi connectivity index (χ1n) is 8.53. The molecule has 4 aromatic rings. The summed E-state index contributed by atoms with van der Waals surface area (Å²) in [7, 11) is 0. The smallest absolute Gasteiger partial charge is 0.257 e. The van der Waals surface area contributed by atoms with E-state index in [9.17, 15) is 4.79 Å². The van der Waals surface area contributed by atoms with Gasteiger partial charge in [0.05, 0.1) is 10.2 Å². The third-order valence-electron chi connectivity index (χ3n) is 4.28. The van der Waals surface area contributed by atoms with Crippen LogP contribution in [-0.4, -0.2) is 21.1 Å². The summed E-state index contributed by atoms with van der Waals surface area (Å²) in [6.45, 7) is 4.12. The molecular weight excluding hydrogens is 394 g/mol. The topological polar surface area (TPSA) is 79.8 Å².